The van der Waals surface area contributed by atoms with E-state index in [9.17, 15) is 10.1 Å². The zero-order valence-electron chi connectivity index (χ0n) is 34.7. The number of rotatable bonds is 22. The second-order valence-corrected chi connectivity index (χ2v) is 17.7. The van der Waals surface area contributed by atoms with Gasteiger partial charge in [0.1, 0.15) is 24.7 Å². The van der Waals surface area contributed by atoms with E-state index < -0.39 is 0 Å². The van der Waals surface area contributed by atoms with Crippen LogP contribution in [0.4, 0.5) is 17.1 Å². The smallest absolute Gasteiger partial charge is 0.269 e. The van der Waals surface area contributed by atoms with Crippen LogP contribution in [-0.4, -0.2) is 31.2 Å². The van der Waals surface area contributed by atoms with Crippen LogP contribution >= 0.6 is 43.6 Å². The number of nitrogens with zero attached hydrogens (tertiary/aromatic N) is 2. The number of nitrogens with one attached hydrogen (secondary N) is 1. The average Bonchev–Trinajstić information content (AvgIpc) is 3.24. The van der Waals surface area contributed by atoms with Gasteiger partial charge in [-0.2, -0.15) is 0 Å². The zero-order valence-corrected chi connectivity index (χ0v) is 38.7. The molecule has 1 unspecified atom stereocenters. The first-order valence-corrected chi connectivity index (χ1v) is 22.9. The van der Waals surface area contributed by atoms with Gasteiger partial charge in [0, 0.05) is 54.5 Å². The van der Waals surface area contributed by atoms with E-state index in [4.69, 9.17) is 9.47 Å². The molecule has 0 saturated carbocycles. The first kappa shape index (κ1) is 46.3. The maximum absolute atomic E-state index is 11.9. The second kappa shape index (κ2) is 24.5. The minimum absolute atomic E-state index is 0.120. The second-order valence-electron chi connectivity index (χ2n) is 14.7. The van der Waals surface area contributed by atoms with Crippen molar-refractivity contribution in [1.29, 1.82) is 0 Å². The predicted octanol–water partition coefficient (Wildman–Crippen LogP) is 14.8. The molecule has 0 bridgehead atoms. The zero-order chi connectivity index (χ0) is 42.7. The molecule has 0 saturated heterocycles. The van der Waals surface area contributed by atoms with Crippen LogP contribution in [-0.2, 0) is 6.42 Å². The number of anilines is 2. The molecule has 0 fully saturated rings. The Morgan fingerprint density at radius 3 is 2.27 bits per heavy atom. The maximum atomic E-state index is 11.9. The van der Waals surface area contributed by atoms with E-state index in [0.29, 0.717) is 32.2 Å². The van der Waals surface area contributed by atoms with Crippen molar-refractivity contribution >= 4 is 60.7 Å². The summed E-state index contributed by atoms with van der Waals surface area (Å²) in [6, 6.07) is 27.3. The molecular weight excluding hydrogens is 898 g/mol. The standard InChI is InChI=1S/C50H55Br2N3O4S/c1-5-44(12-10-8-6-7-9-11-39(4)60-50-35-38(3)15-29-48(50)53-31-33-58-46-25-20-42(51)21-26-46)54(32-34-59-47-27-22-43(52)23-28-47)49-30-24-45(55(56)57)36-41(49)19-18-40-16-13-37(2)14-17-40/h6-13,15,20-30,35-36,40,53H,4-5,14,16-19,31-34H2,1-3H3/b7-6+,10-8+,11-9+,44-12+. The van der Waals surface area contributed by atoms with Crippen LogP contribution in [0.5, 0.6) is 11.5 Å². The van der Waals surface area contributed by atoms with E-state index in [0.717, 1.165) is 91.4 Å². The fraction of sp³-hybridized carbons (Fsp3) is 0.280. The van der Waals surface area contributed by atoms with Crippen molar-refractivity contribution in [2.75, 3.05) is 36.5 Å². The van der Waals surface area contributed by atoms with Gasteiger partial charge in [0.05, 0.1) is 11.5 Å². The van der Waals surface area contributed by atoms with Gasteiger partial charge in [-0.25, -0.2) is 0 Å². The van der Waals surface area contributed by atoms with Crippen molar-refractivity contribution in [1.82, 2.24) is 0 Å². The number of aryl methyl sites for hydroxylation is 2. The number of nitro groups is 1. The minimum atomic E-state index is -0.295. The Kier molecular flexibility index (Phi) is 18.9. The molecule has 0 aliphatic heterocycles. The summed E-state index contributed by atoms with van der Waals surface area (Å²) >= 11 is 8.59. The highest BCUT2D eigenvalue weighted by Crippen LogP contribution is 2.35. The summed E-state index contributed by atoms with van der Waals surface area (Å²) in [6.07, 6.45) is 22.4. The Labute approximate surface area is 377 Å². The number of hydrogen-bond donors (Lipinski definition) is 1. The van der Waals surface area contributed by atoms with Crippen LogP contribution in [0.25, 0.3) is 0 Å². The van der Waals surface area contributed by atoms with Crippen molar-refractivity contribution in [2.45, 2.75) is 64.2 Å². The third-order valence-corrected chi connectivity index (χ3v) is 12.1. The normalized spacial score (nSPS) is 14.4. The third-order valence-electron chi connectivity index (χ3n) is 10.1. The molecule has 4 aromatic carbocycles. The van der Waals surface area contributed by atoms with Crippen LogP contribution in [0.15, 0.2) is 170 Å². The number of non-ortho nitro benzene ring substituents is 1. The number of benzene rings is 4. The Morgan fingerprint density at radius 2 is 1.60 bits per heavy atom. The van der Waals surface area contributed by atoms with Gasteiger partial charge in [-0.05, 0) is 148 Å². The van der Waals surface area contributed by atoms with Gasteiger partial charge >= 0.3 is 0 Å². The Bertz CT molecular complexity index is 2200. The first-order chi connectivity index (χ1) is 29.1. The third kappa shape index (κ3) is 15.4. The molecule has 314 valence electrons. The molecular formula is C50H55Br2N3O4S. The van der Waals surface area contributed by atoms with E-state index in [2.05, 4.69) is 99.8 Å². The molecule has 0 amide bonds. The fourth-order valence-corrected chi connectivity index (χ4v) is 8.29. The van der Waals surface area contributed by atoms with Crippen molar-refractivity contribution in [3.8, 4) is 11.5 Å². The monoisotopic (exact) mass is 951 g/mol. The molecule has 4 aromatic rings. The van der Waals surface area contributed by atoms with Crippen LogP contribution < -0.4 is 19.7 Å². The summed E-state index contributed by atoms with van der Waals surface area (Å²) in [5.74, 6) is 2.21. The van der Waals surface area contributed by atoms with E-state index in [1.807, 2.05) is 91.1 Å². The van der Waals surface area contributed by atoms with Crippen LogP contribution in [0.2, 0.25) is 0 Å². The van der Waals surface area contributed by atoms with Crippen LogP contribution in [0.1, 0.15) is 57.1 Å². The summed E-state index contributed by atoms with van der Waals surface area (Å²) in [5.41, 5.74) is 6.87. The fourth-order valence-electron chi connectivity index (χ4n) is 6.84. The quantitative estimate of drug-likeness (QED) is 0.0210. The van der Waals surface area contributed by atoms with E-state index in [1.54, 1.807) is 23.9 Å². The van der Waals surface area contributed by atoms with Gasteiger partial charge in [0.2, 0.25) is 0 Å². The lowest BCUT2D eigenvalue weighted by Crippen LogP contribution is -2.28. The molecule has 5 rings (SSSR count). The number of hydrogen-bond acceptors (Lipinski definition) is 7. The Balaban J connectivity index is 1.24. The van der Waals surface area contributed by atoms with Gasteiger partial charge in [-0.1, -0.05) is 105 Å². The summed E-state index contributed by atoms with van der Waals surface area (Å²) in [7, 11) is 0. The van der Waals surface area contributed by atoms with Crippen molar-refractivity contribution in [3.63, 3.8) is 0 Å². The lowest BCUT2D eigenvalue weighted by molar-refractivity contribution is -0.384. The summed E-state index contributed by atoms with van der Waals surface area (Å²) < 4.78 is 14.1. The number of nitro benzene ring substituents is 1. The average molecular weight is 954 g/mol. The SMILES string of the molecule is C=C(/C=C/C=C/C=C/C=C(\CC)N(CCOc1ccc(Br)cc1)c1ccc([N+](=O)[O-])cc1CCC1CC=C(C)CC1)Sc1cc(C)ccc1NCCOc1ccc(Br)cc1. The molecule has 1 N–H and O–H groups in total. The predicted molar refractivity (Wildman–Crippen MR) is 260 cm³/mol. The van der Waals surface area contributed by atoms with Gasteiger partial charge < -0.3 is 19.7 Å². The van der Waals surface area contributed by atoms with E-state index in [-0.39, 0.29) is 10.6 Å². The van der Waals surface area contributed by atoms with Crippen molar-refractivity contribution in [3.05, 3.63) is 186 Å². The van der Waals surface area contributed by atoms with Gasteiger partial charge in [-0.3, -0.25) is 10.1 Å². The number of ether oxygens (including phenoxy) is 2. The summed E-state index contributed by atoms with van der Waals surface area (Å²) in [4.78, 5) is 15.9. The Hall–Kier alpha value is -4.77. The first-order valence-electron chi connectivity index (χ1n) is 20.5. The van der Waals surface area contributed by atoms with Gasteiger partial charge in [0.15, 0.2) is 0 Å². The lowest BCUT2D eigenvalue weighted by atomic mass is 9.86. The lowest BCUT2D eigenvalue weighted by Gasteiger charge is -2.30. The number of thioether (sulfide) groups is 1. The van der Waals surface area contributed by atoms with E-state index in [1.165, 1.54) is 11.1 Å². The molecule has 60 heavy (non-hydrogen) atoms. The molecule has 10 heteroatoms. The van der Waals surface area contributed by atoms with Crippen molar-refractivity contribution < 1.29 is 14.4 Å². The van der Waals surface area contributed by atoms with Crippen molar-refractivity contribution in [2.24, 2.45) is 5.92 Å². The molecule has 1 aliphatic rings. The van der Waals surface area contributed by atoms with Gasteiger partial charge in [-0.15, -0.1) is 0 Å². The molecule has 0 spiro atoms. The number of allylic oxidation sites excluding steroid dienone is 10. The largest absolute Gasteiger partial charge is 0.492 e. The summed E-state index contributed by atoms with van der Waals surface area (Å²) in [5, 5.41) is 15.4. The highest BCUT2D eigenvalue weighted by atomic mass is 79.9. The molecule has 7 nitrogen and oxygen atoms in total. The Morgan fingerprint density at radius 1 is 0.917 bits per heavy atom. The molecule has 0 aromatic heterocycles. The maximum Gasteiger partial charge on any atom is 0.269 e. The highest BCUT2D eigenvalue weighted by Gasteiger charge is 2.20. The topological polar surface area (TPSA) is 76.9 Å². The highest BCUT2D eigenvalue weighted by molar-refractivity contribution is 9.10. The van der Waals surface area contributed by atoms with E-state index >= 15 is 0 Å². The molecule has 1 aliphatic carbocycles. The molecule has 0 radical (unpaired) electrons. The molecule has 0 heterocycles. The van der Waals surface area contributed by atoms with Crippen LogP contribution in [0.3, 0.4) is 0 Å². The minimum Gasteiger partial charge on any atom is -0.492 e. The van der Waals surface area contributed by atoms with Crippen LogP contribution in [0, 0.1) is 23.0 Å². The summed E-state index contributed by atoms with van der Waals surface area (Å²) in [6.45, 7) is 13.0. The van der Waals surface area contributed by atoms with Gasteiger partial charge in [0.25, 0.3) is 5.69 Å². The number of halogens is 2. The molecule has 1 atom stereocenters.